The fourth-order valence-electron chi connectivity index (χ4n) is 4.38. The highest BCUT2D eigenvalue weighted by atomic mass is 16.5. The molecule has 0 fully saturated rings. The maximum atomic E-state index is 13.0. The first-order valence-corrected chi connectivity index (χ1v) is 12.0. The number of benzene rings is 2. The molecule has 6 N–H and O–H groups in total. The molecule has 37 heavy (non-hydrogen) atoms. The van der Waals surface area contributed by atoms with E-state index in [0.29, 0.717) is 13.0 Å². The van der Waals surface area contributed by atoms with Crippen LogP contribution in [0.15, 0.2) is 61.2 Å². The lowest BCUT2D eigenvalue weighted by Crippen LogP contribution is -2.52. The lowest BCUT2D eigenvalue weighted by molar-refractivity contribution is -0.145. The zero-order valence-electron chi connectivity index (χ0n) is 20.8. The molecule has 10 nitrogen and oxygen atoms in total. The van der Waals surface area contributed by atoms with Crippen molar-refractivity contribution in [2.24, 2.45) is 5.73 Å². The van der Waals surface area contributed by atoms with Crippen LogP contribution >= 0.6 is 0 Å². The van der Waals surface area contributed by atoms with Gasteiger partial charge in [-0.15, -0.1) is 6.58 Å². The van der Waals surface area contributed by atoms with E-state index >= 15 is 0 Å². The van der Waals surface area contributed by atoms with Gasteiger partial charge in [0.2, 0.25) is 5.91 Å². The number of guanidine groups is 1. The zero-order valence-corrected chi connectivity index (χ0v) is 20.8. The molecule has 0 aliphatic heterocycles. The van der Waals surface area contributed by atoms with Crippen molar-refractivity contribution in [1.29, 1.82) is 5.41 Å². The van der Waals surface area contributed by atoms with Crippen molar-refractivity contribution in [1.82, 2.24) is 16.0 Å². The van der Waals surface area contributed by atoms with Gasteiger partial charge >= 0.3 is 12.1 Å². The largest absolute Gasteiger partial charge is 0.467 e. The van der Waals surface area contributed by atoms with E-state index in [1.165, 1.54) is 13.2 Å². The average Bonchev–Trinajstić information content (AvgIpc) is 3.22. The number of rotatable bonds is 12. The number of fused-ring (bicyclic) bond motifs is 3. The van der Waals surface area contributed by atoms with Crippen LogP contribution < -0.4 is 21.7 Å². The molecular weight excluding hydrogens is 474 g/mol. The standard InChI is InChI=1S/C27H33N5O5/c1-3-9-23(25(34)36-2)31-24(33)22(14-8-15-30-26(28)29)32-27(35)37-16-21-19-12-6-4-10-17(19)18-11-5-7-13-20(18)21/h3-7,10-13,21-23H,1,8-9,14-16H2,2H3,(H,31,33)(H,32,35)(H4,28,29,30)/t22-,23+/m1/s1. The first kappa shape index (κ1) is 27.3. The predicted octanol–water partition coefficient (Wildman–Crippen LogP) is 2.39. The lowest BCUT2D eigenvalue weighted by atomic mass is 9.98. The number of alkyl carbamates (subject to hydrolysis) is 1. The number of hydrogen-bond acceptors (Lipinski definition) is 6. The molecule has 10 heteroatoms. The van der Waals surface area contributed by atoms with Crippen LogP contribution in [0.25, 0.3) is 11.1 Å². The Labute approximate surface area is 216 Å². The molecule has 0 unspecified atom stereocenters. The molecule has 0 spiro atoms. The van der Waals surface area contributed by atoms with E-state index in [1.54, 1.807) is 0 Å². The van der Waals surface area contributed by atoms with Gasteiger partial charge in [-0.3, -0.25) is 10.2 Å². The molecule has 0 bridgehead atoms. The van der Waals surface area contributed by atoms with Crippen LogP contribution in [0.5, 0.6) is 0 Å². The smallest absolute Gasteiger partial charge is 0.407 e. The van der Waals surface area contributed by atoms with Crippen molar-refractivity contribution in [3.05, 3.63) is 72.3 Å². The molecule has 2 aromatic carbocycles. The maximum absolute atomic E-state index is 13.0. The summed E-state index contributed by atoms with van der Waals surface area (Å²) >= 11 is 0. The van der Waals surface area contributed by atoms with Crippen LogP contribution in [0.3, 0.4) is 0 Å². The van der Waals surface area contributed by atoms with E-state index < -0.39 is 30.1 Å². The summed E-state index contributed by atoms with van der Waals surface area (Å²) in [7, 11) is 1.23. The second-order valence-corrected chi connectivity index (χ2v) is 8.61. The quantitative estimate of drug-likeness (QED) is 0.0971. The van der Waals surface area contributed by atoms with Crippen molar-refractivity contribution in [3.8, 4) is 11.1 Å². The summed E-state index contributed by atoms with van der Waals surface area (Å²) in [6, 6.07) is 14.1. The van der Waals surface area contributed by atoms with Crippen molar-refractivity contribution in [2.75, 3.05) is 20.3 Å². The summed E-state index contributed by atoms with van der Waals surface area (Å²) < 4.78 is 10.3. The van der Waals surface area contributed by atoms with Gasteiger partial charge in [-0.1, -0.05) is 54.6 Å². The Morgan fingerprint density at radius 3 is 2.24 bits per heavy atom. The van der Waals surface area contributed by atoms with Crippen LogP contribution in [0, 0.1) is 5.41 Å². The minimum absolute atomic E-state index is 0.0986. The third-order valence-electron chi connectivity index (χ3n) is 6.14. The molecule has 1 aliphatic carbocycles. The number of methoxy groups -OCH3 is 1. The number of ether oxygens (including phenoxy) is 2. The molecule has 2 aromatic rings. The summed E-state index contributed by atoms with van der Waals surface area (Å²) in [6.45, 7) is 4.03. The molecule has 196 valence electrons. The predicted molar refractivity (Wildman–Crippen MR) is 140 cm³/mol. The molecule has 2 atom stereocenters. The zero-order chi connectivity index (χ0) is 26.8. The average molecular weight is 508 g/mol. The van der Waals surface area contributed by atoms with Crippen molar-refractivity contribution in [3.63, 3.8) is 0 Å². The highest BCUT2D eigenvalue weighted by Crippen LogP contribution is 2.44. The SMILES string of the molecule is C=CC[C@H](NC(=O)[C@@H](CCCNC(=N)N)NC(=O)OCC1c2ccccc2-c2ccccc21)C(=O)OC. The van der Waals surface area contributed by atoms with E-state index in [4.69, 9.17) is 20.6 Å². The first-order chi connectivity index (χ1) is 17.8. The summed E-state index contributed by atoms with van der Waals surface area (Å²) in [5.74, 6) is -1.50. The van der Waals surface area contributed by atoms with Gasteiger partial charge in [0.1, 0.15) is 18.7 Å². The van der Waals surface area contributed by atoms with Crippen LogP contribution in [-0.4, -0.2) is 56.3 Å². The summed E-state index contributed by atoms with van der Waals surface area (Å²) in [5.41, 5.74) is 9.68. The van der Waals surface area contributed by atoms with Gasteiger partial charge in [-0.2, -0.15) is 0 Å². The number of amides is 2. The highest BCUT2D eigenvalue weighted by molar-refractivity contribution is 5.89. The summed E-state index contributed by atoms with van der Waals surface area (Å²) in [5, 5.41) is 15.1. The van der Waals surface area contributed by atoms with Crippen LogP contribution in [0.4, 0.5) is 4.79 Å². The number of carbonyl (C=O) groups is 3. The Hall–Kier alpha value is -4.34. The highest BCUT2D eigenvalue weighted by Gasteiger charge is 2.30. The molecule has 0 radical (unpaired) electrons. The molecular formula is C27H33N5O5. The molecule has 0 aromatic heterocycles. The number of carbonyl (C=O) groups excluding carboxylic acids is 3. The van der Waals surface area contributed by atoms with Crippen molar-refractivity contribution in [2.45, 2.75) is 37.3 Å². The monoisotopic (exact) mass is 507 g/mol. The van der Waals surface area contributed by atoms with Crippen molar-refractivity contribution < 1.29 is 23.9 Å². The number of nitrogens with two attached hydrogens (primary N) is 1. The minimum Gasteiger partial charge on any atom is -0.467 e. The number of hydrogen-bond donors (Lipinski definition) is 5. The van der Waals surface area contributed by atoms with Gasteiger partial charge in [0, 0.05) is 12.5 Å². The molecule has 2 amide bonds. The molecule has 3 rings (SSSR count). The number of nitrogens with one attached hydrogen (secondary N) is 4. The van der Waals surface area contributed by atoms with Gasteiger partial charge in [-0.05, 0) is 41.5 Å². The summed E-state index contributed by atoms with van der Waals surface area (Å²) in [6.07, 6.45) is 1.55. The van der Waals surface area contributed by atoms with Crippen LogP contribution in [-0.2, 0) is 19.1 Å². The fraction of sp³-hybridized carbons (Fsp3) is 0.333. The van der Waals surface area contributed by atoms with Crippen LogP contribution in [0.1, 0.15) is 36.3 Å². The Balaban J connectivity index is 1.66. The molecule has 0 saturated heterocycles. The van der Waals surface area contributed by atoms with Crippen molar-refractivity contribution >= 4 is 23.9 Å². The molecule has 1 aliphatic rings. The van der Waals surface area contributed by atoms with E-state index in [1.807, 2.05) is 48.5 Å². The van der Waals surface area contributed by atoms with E-state index in [0.717, 1.165) is 22.3 Å². The van der Waals surface area contributed by atoms with Gasteiger partial charge < -0.3 is 31.2 Å². The van der Waals surface area contributed by atoms with Gasteiger partial charge in [-0.25, -0.2) is 9.59 Å². The maximum Gasteiger partial charge on any atom is 0.407 e. The lowest BCUT2D eigenvalue weighted by Gasteiger charge is -2.22. The molecule has 0 saturated carbocycles. The van der Waals surface area contributed by atoms with E-state index in [9.17, 15) is 14.4 Å². The van der Waals surface area contributed by atoms with E-state index in [-0.39, 0.29) is 31.3 Å². The second kappa shape index (κ2) is 13.1. The fourth-order valence-corrected chi connectivity index (χ4v) is 4.38. The Morgan fingerprint density at radius 1 is 1.05 bits per heavy atom. The minimum atomic E-state index is -0.985. The third-order valence-corrected chi connectivity index (χ3v) is 6.14. The third kappa shape index (κ3) is 7.09. The molecule has 0 heterocycles. The summed E-state index contributed by atoms with van der Waals surface area (Å²) in [4.78, 5) is 37.8. The number of esters is 1. The second-order valence-electron chi connectivity index (χ2n) is 8.61. The van der Waals surface area contributed by atoms with Gasteiger partial charge in [0.05, 0.1) is 7.11 Å². The Bertz CT molecular complexity index is 1110. The van der Waals surface area contributed by atoms with E-state index in [2.05, 4.69) is 22.5 Å². The topological polar surface area (TPSA) is 156 Å². The van der Waals surface area contributed by atoms with Gasteiger partial charge in [0.25, 0.3) is 0 Å². The first-order valence-electron chi connectivity index (χ1n) is 12.0. The Kier molecular flexibility index (Phi) is 9.65. The Morgan fingerprint density at radius 2 is 1.68 bits per heavy atom. The van der Waals surface area contributed by atoms with Gasteiger partial charge in [0.15, 0.2) is 5.96 Å². The van der Waals surface area contributed by atoms with Crippen LogP contribution in [0.2, 0.25) is 0 Å². The normalized spacial score (nSPS) is 13.3.